The molecule has 0 N–H and O–H groups in total. The maximum Gasteiger partial charge on any atom is 0.130 e. The van der Waals surface area contributed by atoms with Gasteiger partial charge in [-0.05, 0) is 60.2 Å². The van der Waals surface area contributed by atoms with E-state index in [0.29, 0.717) is 10.8 Å². The van der Waals surface area contributed by atoms with Gasteiger partial charge in [-0.25, -0.2) is 13.8 Å². The molecule has 1 heterocycles. The Hall–Kier alpha value is -3.20. The van der Waals surface area contributed by atoms with Gasteiger partial charge < -0.3 is 4.74 Å². The van der Waals surface area contributed by atoms with Crippen molar-refractivity contribution >= 4 is 22.9 Å². The van der Waals surface area contributed by atoms with Gasteiger partial charge in [-0.2, -0.15) is 0 Å². The van der Waals surface area contributed by atoms with E-state index >= 15 is 0 Å². The van der Waals surface area contributed by atoms with E-state index in [9.17, 15) is 8.78 Å². The van der Waals surface area contributed by atoms with E-state index in [0.717, 1.165) is 28.1 Å². The summed E-state index contributed by atoms with van der Waals surface area (Å²) in [7, 11) is 0. The van der Waals surface area contributed by atoms with Crippen molar-refractivity contribution in [1.82, 2.24) is 0 Å². The fourth-order valence-corrected chi connectivity index (χ4v) is 3.12. The first-order valence-electron chi connectivity index (χ1n) is 8.56. The van der Waals surface area contributed by atoms with Crippen LogP contribution in [0.2, 0.25) is 5.02 Å². The highest BCUT2D eigenvalue weighted by Gasteiger charge is 2.14. The van der Waals surface area contributed by atoms with Crippen molar-refractivity contribution in [2.75, 3.05) is 6.61 Å². The predicted octanol–water partition coefficient (Wildman–Crippen LogP) is 6.07. The third-order valence-corrected chi connectivity index (χ3v) is 4.54. The van der Waals surface area contributed by atoms with E-state index in [2.05, 4.69) is 10.7 Å². The number of allylic oxidation sites excluding steroid dienone is 6. The number of aliphatic imine (C=N–C) groups is 1. The third kappa shape index (κ3) is 4.04. The highest BCUT2D eigenvalue weighted by Crippen LogP contribution is 2.28. The lowest BCUT2D eigenvalue weighted by molar-refractivity contribution is 0.350. The Morgan fingerprint density at radius 3 is 2.46 bits per heavy atom. The largest absolute Gasteiger partial charge is 0.487 e. The van der Waals surface area contributed by atoms with Crippen LogP contribution in [0.25, 0.3) is 5.57 Å². The quantitative estimate of drug-likeness (QED) is 0.577. The second-order valence-electron chi connectivity index (χ2n) is 6.20. The van der Waals surface area contributed by atoms with Crippen LogP contribution in [0.5, 0.6) is 5.75 Å². The Morgan fingerprint density at radius 2 is 1.68 bits per heavy atom. The third-order valence-electron chi connectivity index (χ3n) is 4.23. The minimum Gasteiger partial charge on any atom is -0.487 e. The molecule has 2 aromatic carbocycles. The number of halogens is 3. The van der Waals surface area contributed by atoms with Gasteiger partial charge in [0.2, 0.25) is 0 Å². The van der Waals surface area contributed by atoms with Crippen LogP contribution in [0.1, 0.15) is 5.56 Å². The summed E-state index contributed by atoms with van der Waals surface area (Å²) in [5.74, 6) is -0.112. The number of benzene rings is 2. The molecule has 2 aliphatic rings. The van der Waals surface area contributed by atoms with E-state index in [1.807, 2.05) is 18.2 Å². The maximum atomic E-state index is 13.3. The van der Waals surface area contributed by atoms with Crippen molar-refractivity contribution in [3.63, 3.8) is 0 Å². The minimum atomic E-state index is -0.378. The predicted molar refractivity (Wildman–Crippen MR) is 108 cm³/mol. The Bertz CT molecular complexity index is 1120. The Morgan fingerprint density at radius 1 is 0.929 bits per heavy atom. The van der Waals surface area contributed by atoms with Crippen LogP contribution < -0.4 is 4.74 Å². The van der Waals surface area contributed by atoms with Gasteiger partial charge in [0.15, 0.2) is 0 Å². The molecule has 138 valence electrons. The summed E-state index contributed by atoms with van der Waals surface area (Å²) < 4.78 is 31.9. The molecule has 0 saturated heterocycles. The van der Waals surface area contributed by atoms with Crippen molar-refractivity contribution < 1.29 is 13.5 Å². The van der Waals surface area contributed by atoms with Gasteiger partial charge in [0.05, 0.1) is 16.4 Å². The zero-order valence-corrected chi connectivity index (χ0v) is 15.4. The lowest BCUT2D eigenvalue weighted by Gasteiger charge is -2.06. The average Bonchev–Trinajstić information content (AvgIpc) is 3.03. The molecule has 4 rings (SSSR count). The number of rotatable bonds is 4. The average molecular weight is 394 g/mol. The molecular weight excluding hydrogens is 380 g/mol. The first-order chi connectivity index (χ1) is 13.6. The monoisotopic (exact) mass is 393 g/mol. The number of ether oxygens (including phenoxy) is 1. The summed E-state index contributed by atoms with van der Waals surface area (Å²) in [5, 5.41) is 0.340. The van der Waals surface area contributed by atoms with Gasteiger partial charge in [-0.15, -0.1) is 5.73 Å². The lowest BCUT2D eigenvalue weighted by Crippen LogP contribution is -1.98. The van der Waals surface area contributed by atoms with Crippen molar-refractivity contribution in [2.45, 2.75) is 0 Å². The van der Waals surface area contributed by atoms with Gasteiger partial charge in [-0.1, -0.05) is 23.8 Å². The van der Waals surface area contributed by atoms with Crippen LogP contribution in [0.15, 0.2) is 94.8 Å². The van der Waals surface area contributed by atoms with E-state index in [-0.39, 0.29) is 18.2 Å². The number of hydrogen-bond acceptors (Lipinski definition) is 2. The Balaban J connectivity index is 1.55. The first kappa shape index (κ1) is 18.2. The highest BCUT2D eigenvalue weighted by molar-refractivity contribution is 6.32. The van der Waals surface area contributed by atoms with E-state index in [4.69, 9.17) is 16.3 Å². The van der Waals surface area contributed by atoms with Crippen molar-refractivity contribution in [1.29, 1.82) is 0 Å². The summed E-state index contributed by atoms with van der Waals surface area (Å²) in [6.07, 6.45) is 9.29. The fraction of sp³-hybridized carbons (Fsp3) is 0.0435. The molecular formula is C23H14ClF2NO. The zero-order chi connectivity index (χ0) is 19.5. The number of fused-ring (bicyclic) bond motifs is 1. The molecule has 0 radical (unpaired) electrons. The molecule has 5 heteroatoms. The lowest BCUT2D eigenvalue weighted by atomic mass is 10.0. The van der Waals surface area contributed by atoms with E-state index < -0.39 is 0 Å². The molecule has 0 atom stereocenters. The SMILES string of the molecule is Fc1ccc(OCC2=C/C3=C/C=C(/c4ccc(F)cc4Cl)C=C=CC3=N2)cc1. The van der Waals surface area contributed by atoms with Gasteiger partial charge in [0.1, 0.15) is 24.0 Å². The fourth-order valence-electron chi connectivity index (χ4n) is 2.85. The molecule has 0 bridgehead atoms. The van der Waals surface area contributed by atoms with Crippen molar-refractivity contribution in [3.8, 4) is 5.75 Å². The van der Waals surface area contributed by atoms with Crippen LogP contribution >= 0.6 is 11.6 Å². The highest BCUT2D eigenvalue weighted by atomic mass is 35.5. The summed E-state index contributed by atoms with van der Waals surface area (Å²) in [4.78, 5) is 4.54. The molecule has 1 aliphatic heterocycles. The first-order valence-corrected chi connectivity index (χ1v) is 8.94. The van der Waals surface area contributed by atoms with Crippen molar-refractivity contribution in [3.05, 3.63) is 112 Å². The van der Waals surface area contributed by atoms with Gasteiger partial charge in [0, 0.05) is 17.2 Å². The van der Waals surface area contributed by atoms with Crippen molar-refractivity contribution in [2.24, 2.45) is 4.99 Å². The van der Waals surface area contributed by atoms with Gasteiger partial charge in [0.25, 0.3) is 0 Å². The second-order valence-corrected chi connectivity index (χ2v) is 6.61. The van der Waals surface area contributed by atoms with Crippen LogP contribution in [0.4, 0.5) is 8.78 Å². The molecule has 1 aliphatic carbocycles. The molecule has 0 saturated carbocycles. The van der Waals surface area contributed by atoms with Gasteiger partial charge in [-0.3, -0.25) is 0 Å². The molecule has 0 spiro atoms. The summed E-state index contributed by atoms with van der Waals surface area (Å²) >= 11 is 6.17. The molecule has 0 fully saturated rings. The van der Waals surface area contributed by atoms with E-state index in [1.165, 1.54) is 24.3 Å². The van der Waals surface area contributed by atoms with Crippen LogP contribution in [0.3, 0.4) is 0 Å². The standard InChI is InChI=1S/C23H14ClF2NO/c24-22-13-18(26)8-11-21(22)15-2-1-3-23-16(5-4-15)12-19(27-23)14-28-20-9-6-17(25)7-10-20/h2-13H,14H2/b15-4+,16-5-. The molecule has 0 unspecified atom stereocenters. The summed E-state index contributed by atoms with van der Waals surface area (Å²) in [6.45, 7) is 0.268. The molecule has 0 aromatic heterocycles. The normalized spacial score (nSPS) is 18.8. The topological polar surface area (TPSA) is 21.6 Å². The van der Waals surface area contributed by atoms with Crippen LogP contribution in [-0.4, -0.2) is 12.3 Å². The molecule has 2 aromatic rings. The second kappa shape index (κ2) is 7.81. The molecule has 2 nitrogen and oxygen atoms in total. The maximum absolute atomic E-state index is 13.3. The minimum absolute atomic E-state index is 0.268. The number of nitrogens with zero attached hydrogens (tertiary/aromatic N) is 1. The Kier molecular flexibility index (Phi) is 5.07. The van der Waals surface area contributed by atoms with E-state index in [1.54, 1.807) is 30.4 Å². The number of hydrogen-bond donors (Lipinski definition) is 0. The zero-order valence-electron chi connectivity index (χ0n) is 14.6. The van der Waals surface area contributed by atoms with Crippen LogP contribution in [-0.2, 0) is 0 Å². The van der Waals surface area contributed by atoms with Crippen LogP contribution in [0, 0.1) is 11.6 Å². The summed E-state index contributed by atoms with van der Waals surface area (Å²) in [6, 6.07) is 10.1. The van der Waals surface area contributed by atoms with Gasteiger partial charge >= 0.3 is 0 Å². The summed E-state index contributed by atoms with van der Waals surface area (Å²) in [5.41, 5.74) is 7.07. The molecule has 0 amide bonds. The molecule has 28 heavy (non-hydrogen) atoms. The Labute approximate surface area is 166 Å². The smallest absolute Gasteiger partial charge is 0.130 e.